The summed E-state index contributed by atoms with van der Waals surface area (Å²) in [6.45, 7) is 1.42. The first-order valence-electron chi connectivity index (χ1n) is 9.37. The maximum atomic E-state index is 13.5. The second-order valence-electron chi connectivity index (χ2n) is 6.57. The molecule has 0 atom stereocenters. The summed E-state index contributed by atoms with van der Waals surface area (Å²) in [4.78, 5) is 25.5. The Labute approximate surface area is 168 Å². The molecule has 3 rings (SSSR count). The summed E-state index contributed by atoms with van der Waals surface area (Å²) in [6.07, 6.45) is 4.60. The molecule has 0 radical (unpaired) electrons. The van der Waals surface area contributed by atoms with Gasteiger partial charge in [0.15, 0.2) is 0 Å². The molecule has 0 spiro atoms. The summed E-state index contributed by atoms with van der Waals surface area (Å²) in [7, 11) is 0. The molecule has 6 nitrogen and oxygen atoms in total. The van der Waals surface area contributed by atoms with Gasteiger partial charge in [0.05, 0.1) is 5.69 Å². The van der Waals surface area contributed by atoms with Crippen molar-refractivity contribution < 1.29 is 14.0 Å². The number of amides is 2. The fraction of sp³-hybridized carbons (Fsp3) is 0.227. The summed E-state index contributed by atoms with van der Waals surface area (Å²) < 4.78 is 13.5. The van der Waals surface area contributed by atoms with E-state index in [1.165, 1.54) is 18.2 Å². The van der Waals surface area contributed by atoms with Crippen molar-refractivity contribution in [3.8, 4) is 6.07 Å². The van der Waals surface area contributed by atoms with Gasteiger partial charge in [0.25, 0.3) is 0 Å². The standard InChI is InChI=1S/C22H21FN4O2/c23-19-3-1-4-20(18(19)15-24)25-12-13-26-21(28)11-8-16-6-9-17(10-7-16)27-14-2-5-22(27)29/h1,3-4,6-11,25H,2,5,12-14H2,(H,26,28). The van der Waals surface area contributed by atoms with E-state index in [2.05, 4.69) is 10.6 Å². The van der Waals surface area contributed by atoms with E-state index in [1.54, 1.807) is 17.0 Å². The van der Waals surface area contributed by atoms with Crippen molar-refractivity contribution in [1.82, 2.24) is 5.32 Å². The zero-order valence-electron chi connectivity index (χ0n) is 15.8. The third kappa shape index (κ3) is 5.20. The topological polar surface area (TPSA) is 85.2 Å². The lowest BCUT2D eigenvalue weighted by Crippen LogP contribution is -2.27. The molecule has 2 aromatic rings. The molecule has 148 valence electrons. The van der Waals surface area contributed by atoms with Gasteiger partial charge in [0.1, 0.15) is 17.4 Å². The third-order valence-corrected chi connectivity index (χ3v) is 4.57. The van der Waals surface area contributed by atoms with E-state index < -0.39 is 5.82 Å². The van der Waals surface area contributed by atoms with Crippen molar-refractivity contribution in [3.63, 3.8) is 0 Å². The summed E-state index contributed by atoms with van der Waals surface area (Å²) in [6, 6.07) is 13.6. The highest BCUT2D eigenvalue weighted by Crippen LogP contribution is 2.22. The van der Waals surface area contributed by atoms with Gasteiger partial charge >= 0.3 is 0 Å². The highest BCUT2D eigenvalue weighted by atomic mass is 19.1. The van der Waals surface area contributed by atoms with Crippen LogP contribution in [0.15, 0.2) is 48.5 Å². The van der Waals surface area contributed by atoms with E-state index in [1.807, 2.05) is 30.3 Å². The quantitative estimate of drug-likeness (QED) is 0.560. The molecule has 29 heavy (non-hydrogen) atoms. The number of benzene rings is 2. The van der Waals surface area contributed by atoms with Crippen LogP contribution in [0.3, 0.4) is 0 Å². The molecule has 0 aliphatic carbocycles. The van der Waals surface area contributed by atoms with Crippen molar-refractivity contribution >= 4 is 29.3 Å². The predicted molar refractivity (Wildman–Crippen MR) is 110 cm³/mol. The molecule has 7 heteroatoms. The molecule has 2 aromatic carbocycles. The minimum absolute atomic E-state index is 0.0437. The summed E-state index contributed by atoms with van der Waals surface area (Å²) in [5.41, 5.74) is 2.08. The van der Waals surface area contributed by atoms with Crippen LogP contribution in [-0.4, -0.2) is 31.4 Å². The van der Waals surface area contributed by atoms with Crippen molar-refractivity contribution in [2.45, 2.75) is 12.8 Å². The minimum atomic E-state index is -0.579. The van der Waals surface area contributed by atoms with Crippen LogP contribution in [-0.2, 0) is 9.59 Å². The Bertz CT molecular complexity index is 964. The van der Waals surface area contributed by atoms with Crippen molar-refractivity contribution in [3.05, 3.63) is 65.5 Å². The van der Waals surface area contributed by atoms with Gasteiger partial charge in [-0.15, -0.1) is 0 Å². The van der Waals surface area contributed by atoms with E-state index in [4.69, 9.17) is 5.26 Å². The molecule has 2 N–H and O–H groups in total. The molecule has 1 heterocycles. The second-order valence-corrected chi connectivity index (χ2v) is 6.57. The molecule has 0 unspecified atom stereocenters. The Morgan fingerprint density at radius 3 is 2.69 bits per heavy atom. The number of halogens is 1. The molecule has 1 fully saturated rings. The first-order chi connectivity index (χ1) is 14.1. The van der Waals surface area contributed by atoms with Crippen LogP contribution in [0.1, 0.15) is 24.0 Å². The van der Waals surface area contributed by atoms with Crippen LogP contribution in [0, 0.1) is 17.1 Å². The average molecular weight is 392 g/mol. The van der Waals surface area contributed by atoms with Crippen molar-refractivity contribution in [1.29, 1.82) is 5.26 Å². The number of carbonyl (C=O) groups is 2. The molecule has 1 aliphatic heterocycles. The molecule has 0 aromatic heterocycles. The number of rotatable bonds is 7. The van der Waals surface area contributed by atoms with Gasteiger partial charge in [-0.1, -0.05) is 18.2 Å². The first kappa shape index (κ1) is 20.1. The lowest BCUT2D eigenvalue weighted by atomic mass is 10.2. The van der Waals surface area contributed by atoms with E-state index in [0.29, 0.717) is 25.2 Å². The zero-order valence-corrected chi connectivity index (χ0v) is 15.8. The number of nitriles is 1. The SMILES string of the molecule is N#Cc1c(F)cccc1NCCNC(=O)C=Cc1ccc(N2CCCC2=O)cc1. The molecule has 1 aliphatic rings. The van der Waals surface area contributed by atoms with Gasteiger partial charge in [-0.2, -0.15) is 5.26 Å². The normalized spacial score (nSPS) is 13.5. The number of carbonyl (C=O) groups excluding carboxylic acids is 2. The Kier molecular flexibility index (Phi) is 6.59. The van der Waals surface area contributed by atoms with Gasteiger partial charge in [-0.25, -0.2) is 4.39 Å². The maximum absolute atomic E-state index is 13.5. The van der Waals surface area contributed by atoms with Crippen LogP contribution in [0.5, 0.6) is 0 Å². The number of hydrogen-bond acceptors (Lipinski definition) is 4. The van der Waals surface area contributed by atoms with Gasteiger partial charge in [0.2, 0.25) is 11.8 Å². The minimum Gasteiger partial charge on any atom is -0.382 e. The molecule has 1 saturated heterocycles. The maximum Gasteiger partial charge on any atom is 0.244 e. The van der Waals surface area contributed by atoms with Crippen LogP contribution >= 0.6 is 0 Å². The third-order valence-electron chi connectivity index (χ3n) is 4.57. The lowest BCUT2D eigenvalue weighted by molar-refractivity contribution is -0.117. The zero-order chi connectivity index (χ0) is 20.6. The molecule has 0 saturated carbocycles. The van der Waals surface area contributed by atoms with Crippen LogP contribution in [0.25, 0.3) is 6.08 Å². The number of nitrogens with one attached hydrogen (secondary N) is 2. The highest BCUT2D eigenvalue weighted by Gasteiger charge is 2.21. The van der Waals surface area contributed by atoms with Gasteiger partial charge in [-0.05, 0) is 42.3 Å². The smallest absolute Gasteiger partial charge is 0.244 e. The largest absolute Gasteiger partial charge is 0.382 e. The fourth-order valence-electron chi connectivity index (χ4n) is 3.09. The van der Waals surface area contributed by atoms with Gasteiger partial charge in [0, 0.05) is 37.8 Å². The monoisotopic (exact) mass is 392 g/mol. The Hall–Kier alpha value is -3.66. The number of nitrogens with zero attached hydrogens (tertiary/aromatic N) is 2. The molecular formula is C22H21FN4O2. The molecular weight excluding hydrogens is 371 g/mol. The number of anilines is 2. The van der Waals surface area contributed by atoms with Crippen LogP contribution in [0.2, 0.25) is 0 Å². The lowest BCUT2D eigenvalue weighted by Gasteiger charge is -2.15. The second kappa shape index (κ2) is 9.51. The highest BCUT2D eigenvalue weighted by molar-refractivity contribution is 5.95. The Balaban J connectivity index is 1.45. The Morgan fingerprint density at radius 2 is 2.00 bits per heavy atom. The van der Waals surface area contributed by atoms with E-state index in [9.17, 15) is 14.0 Å². The number of hydrogen-bond donors (Lipinski definition) is 2. The summed E-state index contributed by atoms with van der Waals surface area (Å²) in [5.74, 6) is -0.698. The summed E-state index contributed by atoms with van der Waals surface area (Å²) >= 11 is 0. The first-order valence-corrected chi connectivity index (χ1v) is 9.37. The summed E-state index contributed by atoms with van der Waals surface area (Å²) in [5, 5.41) is 14.6. The van der Waals surface area contributed by atoms with Crippen molar-refractivity contribution in [2.75, 3.05) is 29.9 Å². The average Bonchev–Trinajstić information content (AvgIpc) is 3.16. The predicted octanol–water partition coefficient (Wildman–Crippen LogP) is 3.07. The molecule has 0 bridgehead atoms. The van der Waals surface area contributed by atoms with Gasteiger partial charge < -0.3 is 15.5 Å². The van der Waals surface area contributed by atoms with E-state index >= 15 is 0 Å². The molecule has 2 amide bonds. The van der Waals surface area contributed by atoms with E-state index in [-0.39, 0.29) is 17.4 Å². The van der Waals surface area contributed by atoms with Crippen LogP contribution < -0.4 is 15.5 Å². The fourth-order valence-corrected chi connectivity index (χ4v) is 3.09. The van der Waals surface area contributed by atoms with Gasteiger partial charge in [-0.3, -0.25) is 9.59 Å². The Morgan fingerprint density at radius 1 is 1.21 bits per heavy atom. The van der Waals surface area contributed by atoms with Crippen LogP contribution in [0.4, 0.5) is 15.8 Å². The van der Waals surface area contributed by atoms with Crippen molar-refractivity contribution in [2.24, 2.45) is 0 Å². The van der Waals surface area contributed by atoms with E-state index in [0.717, 1.165) is 24.2 Å².